The van der Waals surface area contributed by atoms with Crippen molar-refractivity contribution < 1.29 is 35.9 Å². The molecule has 0 saturated carbocycles. The number of ether oxygens (including phenoxy) is 1. The molecule has 216 valence electrons. The minimum atomic E-state index is -4.87. The maximum absolute atomic E-state index is 13.4. The first-order valence-electron chi connectivity index (χ1n) is 12.4. The Labute approximate surface area is 234 Å². The first-order chi connectivity index (χ1) is 19.3. The zero-order valence-electron chi connectivity index (χ0n) is 21.9. The van der Waals surface area contributed by atoms with Gasteiger partial charge in [-0.25, -0.2) is 8.42 Å². The van der Waals surface area contributed by atoms with E-state index in [-0.39, 0.29) is 61.2 Å². The Morgan fingerprint density at radius 1 is 1.05 bits per heavy atom. The smallest absolute Gasteiger partial charge is 0.406 e. The van der Waals surface area contributed by atoms with E-state index < -0.39 is 28.0 Å². The standard InChI is InChI=1S/C27H26F3N5O5S/c1-18-23(26(32)37)14-24(35(18)16-20-3-2-4-21(13-20)40-27(28,29)30)25(36)17-33-9-11-34(12-10-33)41(38,39)22-7-5-19(15-31)6-8-22/h2-8,13-14H,9-12,16-17H2,1H3,(H2,32,37). The fraction of sp³-hybridized carbons (Fsp3) is 0.296. The van der Waals surface area contributed by atoms with Gasteiger partial charge in [-0.1, -0.05) is 12.1 Å². The van der Waals surface area contributed by atoms with Crippen molar-refractivity contribution in [3.8, 4) is 11.8 Å². The molecule has 0 aliphatic carbocycles. The van der Waals surface area contributed by atoms with Crippen LogP contribution in [0.25, 0.3) is 0 Å². The second kappa shape index (κ2) is 11.7. The molecule has 14 heteroatoms. The average molecular weight is 590 g/mol. The topological polar surface area (TPSA) is 139 Å². The van der Waals surface area contributed by atoms with E-state index in [0.29, 0.717) is 16.8 Å². The van der Waals surface area contributed by atoms with Gasteiger partial charge in [0.25, 0.3) is 5.91 Å². The second-order valence-electron chi connectivity index (χ2n) is 9.41. The molecule has 41 heavy (non-hydrogen) atoms. The van der Waals surface area contributed by atoms with Gasteiger partial charge < -0.3 is 15.0 Å². The molecule has 2 heterocycles. The number of hydrogen-bond acceptors (Lipinski definition) is 7. The summed E-state index contributed by atoms with van der Waals surface area (Å²) in [5.41, 5.74) is 6.86. The van der Waals surface area contributed by atoms with E-state index in [0.717, 1.165) is 6.07 Å². The number of aromatic nitrogens is 1. The van der Waals surface area contributed by atoms with Crippen LogP contribution in [-0.4, -0.2) is 73.0 Å². The lowest BCUT2D eigenvalue weighted by Crippen LogP contribution is -2.49. The van der Waals surface area contributed by atoms with E-state index in [2.05, 4.69) is 4.74 Å². The summed E-state index contributed by atoms with van der Waals surface area (Å²) in [6.45, 7) is 2.28. The highest BCUT2D eigenvalue weighted by Gasteiger charge is 2.32. The normalized spacial score (nSPS) is 14.9. The molecule has 4 rings (SSSR count). The Balaban J connectivity index is 1.48. The van der Waals surface area contributed by atoms with Gasteiger partial charge in [0.2, 0.25) is 10.0 Å². The van der Waals surface area contributed by atoms with Gasteiger partial charge in [-0.15, -0.1) is 13.2 Å². The van der Waals surface area contributed by atoms with Gasteiger partial charge >= 0.3 is 6.36 Å². The Bertz CT molecular complexity index is 1600. The van der Waals surface area contributed by atoms with Crippen LogP contribution in [0.3, 0.4) is 0 Å². The van der Waals surface area contributed by atoms with Gasteiger partial charge in [0, 0.05) is 38.4 Å². The maximum atomic E-state index is 13.4. The fourth-order valence-electron chi connectivity index (χ4n) is 4.62. The lowest BCUT2D eigenvalue weighted by molar-refractivity contribution is -0.274. The summed E-state index contributed by atoms with van der Waals surface area (Å²) in [5.74, 6) is -1.55. The number of amides is 1. The van der Waals surface area contributed by atoms with Crippen molar-refractivity contribution in [3.05, 3.63) is 82.7 Å². The Morgan fingerprint density at radius 2 is 1.71 bits per heavy atom. The summed E-state index contributed by atoms with van der Waals surface area (Å²) in [7, 11) is -3.78. The van der Waals surface area contributed by atoms with Crippen LogP contribution in [-0.2, 0) is 16.6 Å². The number of nitrogens with two attached hydrogens (primary N) is 1. The zero-order chi connectivity index (χ0) is 29.9. The quantitative estimate of drug-likeness (QED) is 0.379. The number of piperazine rings is 1. The summed E-state index contributed by atoms with van der Waals surface area (Å²) < 4.78 is 70.8. The third-order valence-electron chi connectivity index (χ3n) is 6.71. The van der Waals surface area contributed by atoms with E-state index in [1.807, 2.05) is 6.07 Å². The number of nitrogens with zero attached hydrogens (tertiary/aromatic N) is 4. The molecule has 0 atom stereocenters. The third-order valence-corrected chi connectivity index (χ3v) is 8.62. The van der Waals surface area contributed by atoms with Crippen molar-refractivity contribution in [2.24, 2.45) is 5.73 Å². The summed E-state index contributed by atoms with van der Waals surface area (Å²) in [6.07, 6.45) is -4.87. The van der Waals surface area contributed by atoms with Gasteiger partial charge in [0.05, 0.1) is 34.3 Å². The van der Waals surface area contributed by atoms with E-state index in [9.17, 15) is 31.2 Å². The summed E-state index contributed by atoms with van der Waals surface area (Å²) in [6, 6.07) is 14.2. The number of ketones is 1. The first kappa shape index (κ1) is 29.8. The highest BCUT2D eigenvalue weighted by Crippen LogP contribution is 2.25. The summed E-state index contributed by atoms with van der Waals surface area (Å²) >= 11 is 0. The molecular formula is C27H26F3N5O5S. The number of halogens is 3. The molecule has 3 aromatic rings. The number of hydrogen-bond donors (Lipinski definition) is 1. The van der Waals surface area contributed by atoms with E-state index in [4.69, 9.17) is 11.0 Å². The minimum Gasteiger partial charge on any atom is -0.406 e. The monoisotopic (exact) mass is 589 g/mol. The molecule has 1 aliphatic rings. The largest absolute Gasteiger partial charge is 0.573 e. The molecule has 1 saturated heterocycles. The molecule has 2 N–H and O–H groups in total. The van der Waals surface area contributed by atoms with Crippen molar-refractivity contribution in [3.63, 3.8) is 0 Å². The highest BCUT2D eigenvalue weighted by molar-refractivity contribution is 7.89. The zero-order valence-corrected chi connectivity index (χ0v) is 22.7. The number of sulfonamides is 1. The van der Waals surface area contributed by atoms with Gasteiger partial charge in [-0.05, 0) is 55.0 Å². The molecule has 1 aliphatic heterocycles. The Morgan fingerprint density at radius 3 is 2.29 bits per heavy atom. The predicted molar refractivity (Wildman–Crippen MR) is 141 cm³/mol. The van der Waals surface area contributed by atoms with Crippen molar-refractivity contribution >= 4 is 21.7 Å². The fourth-order valence-corrected chi connectivity index (χ4v) is 6.04. The number of alkyl halides is 3. The maximum Gasteiger partial charge on any atom is 0.573 e. The van der Waals surface area contributed by atoms with Crippen LogP contribution >= 0.6 is 0 Å². The Hall–Kier alpha value is -4.19. The average Bonchev–Trinajstić information content (AvgIpc) is 3.24. The van der Waals surface area contributed by atoms with E-state index >= 15 is 0 Å². The number of rotatable bonds is 9. The van der Waals surface area contributed by atoms with Crippen LogP contribution in [0, 0.1) is 18.3 Å². The molecule has 10 nitrogen and oxygen atoms in total. The lowest BCUT2D eigenvalue weighted by atomic mass is 10.2. The van der Waals surface area contributed by atoms with Crippen LogP contribution in [0.2, 0.25) is 0 Å². The van der Waals surface area contributed by atoms with Gasteiger partial charge in [-0.2, -0.15) is 9.57 Å². The Kier molecular flexibility index (Phi) is 8.52. The highest BCUT2D eigenvalue weighted by atomic mass is 32.2. The molecule has 2 aromatic carbocycles. The third kappa shape index (κ3) is 6.94. The van der Waals surface area contributed by atoms with Gasteiger partial charge in [0.1, 0.15) is 5.75 Å². The molecule has 0 unspecified atom stereocenters. The number of carbonyl (C=O) groups is 2. The lowest BCUT2D eigenvalue weighted by Gasteiger charge is -2.33. The first-order valence-corrected chi connectivity index (χ1v) is 13.8. The van der Waals surface area contributed by atoms with E-state index in [1.165, 1.54) is 51.3 Å². The van der Waals surface area contributed by atoms with Crippen LogP contribution in [0.15, 0.2) is 59.5 Å². The number of Topliss-reactive ketones (excluding diaryl/α,β-unsaturated/α-hetero) is 1. The SMILES string of the molecule is Cc1c(C(N)=O)cc(C(=O)CN2CCN(S(=O)(=O)c3ccc(C#N)cc3)CC2)n1Cc1cccc(OC(F)(F)F)c1. The van der Waals surface area contributed by atoms with Crippen molar-refractivity contribution in [1.82, 2.24) is 13.8 Å². The van der Waals surface area contributed by atoms with Crippen molar-refractivity contribution in [2.75, 3.05) is 32.7 Å². The van der Waals surface area contributed by atoms with Crippen LogP contribution in [0.5, 0.6) is 5.75 Å². The molecular weight excluding hydrogens is 563 g/mol. The minimum absolute atomic E-state index is 0.0220. The number of benzene rings is 2. The molecule has 1 fully saturated rings. The van der Waals surface area contributed by atoms with Crippen molar-refractivity contribution in [2.45, 2.75) is 24.7 Å². The summed E-state index contributed by atoms with van der Waals surface area (Å²) in [4.78, 5) is 27.2. The van der Waals surface area contributed by atoms with Gasteiger partial charge in [-0.3, -0.25) is 14.5 Å². The molecule has 1 amide bonds. The van der Waals surface area contributed by atoms with Crippen LogP contribution in [0.4, 0.5) is 13.2 Å². The van der Waals surface area contributed by atoms with Crippen molar-refractivity contribution in [1.29, 1.82) is 5.26 Å². The molecule has 0 bridgehead atoms. The number of nitriles is 1. The second-order valence-corrected chi connectivity index (χ2v) is 11.4. The predicted octanol–water partition coefficient (Wildman–Crippen LogP) is 2.90. The summed E-state index contributed by atoms with van der Waals surface area (Å²) in [5, 5.41) is 8.94. The number of primary amides is 1. The molecule has 0 spiro atoms. The van der Waals surface area contributed by atoms with Gasteiger partial charge in [0.15, 0.2) is 5.78 Å². The number of carbonyl (C=O) groups excluding carboxylic acids is 2. The van der Waals surface area contributed by atoms with Crippen LogP contribution < -0.4 is 10.5 Å². The van der Waals surface area contributed by atoms with E-state index in [1.54, 1.807) is 17.9 Å². The van der Waals surface area contributed by atoms with Crippen LogP contribution in [0.1, 0.15) is 37.7 Å². The molecule has 1 aromatic heterocycles. The molecule has 0 radical (unpaired) electrons.